The lowest BCUT2D eigenvalue weighted by Crippen LogP contribution is -2.07. The van der Waals surface area contributed by atoms with Gasteiger partial charge in [0.05, 0.1) is 0 Å². The Kier molecular flexibility index (Phi) is 22.8. The molecule has 0 radical (unpaired) electrons. The first-order valence-corrected chi connectivity index (χ1v) is 16.1. The third-order valence-corrected chi connectivity index (χ3v) is 10.7. The normalized spacial score (nSPS) is 12.6. The lowest BCUT2D eigenvalue weighted by molar-refractivity contribution is 0.526. The van der Waals surface area contributed by atoms with E-state index in [1.165, 1.54) is 146 Å². The minimum atomic E-state index is -0.789. The van der Waals surface area contributed by atoms with E-state index in [0.29, 0.717) is 0 Å². The lowest BCUT2D eigenvalue weighted by Gasteiger charge is -2.32. The maximum Gasteiger partial charge on any atom is -0.0101 e. The van der Waals surface area contributed by atoms with Crippen molar-refractivity contribution >= 4 is 19.9 Å². The van der Waals surface area contributed by atoms with E-state index in [2.05, 4.69) is 20.8 Å². The van der Waals surface area contributed by atoms with Gasteiger partial charge in [-0.3, -0.25) is 0 Å². The highest BCUT2D eigenvalue weighted by molar-refractivity contribution is 8.51. The second-order valence-corrected chi connectivity index (χ2v) is 14.1. The summed E-state index contributed by atoms with van der Waals surface area (Å²) in [5.41, 5.74) is 0. The molecule has 0 aromatic carbocycles. The van der Waals surface area contributed by atoms with Gasteiger partial charge in [-0.2, -0.15) is 9.24 Å². The molecular weight excluding hydrogens is 380 g/mol. The fraction of sp³-hybridized carbons (Fsp3) is 1.00. The predicted molar refractivity (Wildman–Crippen MR) is 137 cm³/mol. The van der Waals surface area contributed by atoms with Crippen LogP contribution in [0.15, 0.2) is 0 Å². The van der Waals surface area contributed by atoms with Crippen LogP contribution in [0.3, 0.4) is 0 Å². The Hall–Kier alpha value is 0.640. The van der Waals surface area contributed by atoms with Gasteiger partial charge < -0.3 is 0 Å². The molecule has 0 N–H and O–H groups in total. The Bertz CT molecular complexity index is 286. The van der Waals surface area contributed by atoms with Crippen molar-refractivity contribution in [3.63, 3.8) is 0 Å². The van der Waals surface area contributed by atoms with Crippen LogP contribution in [-0.2, 0) is 0 Å². The molecule has 0 aliphatic rings. The van der Waals surface area contributed by atoms with Crippen molar-refractivity contribution in [1.82, 2.24) is 0 Å². The Labute approximate surface area is 186 Å². The van der Waals surface area contributed by atoms with E-state index >= 15 is 0 Å². The second kappa shape index (κ2) is 22.3. The highest BCUT2D eigenvalue weighted by atomic mass is 35.7. The molecular formula is C26H55ClS. The second-order valence-electron chi connectivity index (χ2n) is 9.06. The molecule has 0 aromatic heterocycles. The van der Waals surface area contributed by atoms with Crippen molar-refractivity contribution in [3.05, 3.63) is 0 Å². The van der Waals surface area contributed by atoms with Gasteiger partial charge in [0.25, 0.3) is 0 Å². The van der Waals surface area contributed by atoms with Gasteiger partial charge in [-0.05, 0) is 36.5 Å². The topological polar surface area (TPSA) is 0 Å². The average molecular weight is 435 g/mol. The van der Waals surface area contributed by atoms with Gasteiger partial charge in [0.1, 0.15) is 0 Å². The number of rotatable bonds is 23. The molecule has 0 spiro atoms. The highest BCUT2D eigenvalue weighted by Crippen LogP contribution is 2.54. The Morgan fingerprint density at radius 1 is 0.357 bits per heavy atom. The van der Waals surface area contributed by atoms with Crippen LogP contribution >= 0.6 is 19.9 Å². The summed E-state index contributed by atoms with van der Waals surface area (Å²) >= 11 is 0. The maximum atomic E-state index is 6.90. The zero-order chi connectivity index (χ0) is 20.8. The van der Waals surface area contributed by atoms with E-state index < -0.39 is 9.24 Å². The Morgan fingerprint density at radius 3 is 0.929 bits per heavy atom. The fourth-order valence-corrected chi connectivity index (χ4v) is 8.35. The molecule has 0 unspecified atom stereocenters. The van der Waals surface area contributed by atoms with Crippen molar-refractivity contribution in [2.45, 2.75) is 149 Å². The van der Waals surface area contributed by atoms with Crippen LogP contribution in [0.4, 0.5) is 0 Å². The summed E-state index contributed by atoms with van der Waals surface area (Å²) in [6.07, 6.45) is 28.7. The summed E-state index contributed by atoms with van der Waals surface area (Å²) in [6.45, 7) is 6.87. The van der Waals surface area contributed by atoms with Gasteiger partial charge in [0.15, 0.2) is 0 Å². The first-order valence-electron chi connectivity index (χ1n) is 13.1. The number of unbranched alkanes of at least 4 members (excludes halogenated alkanes) is 17. The van der Waals surface area contributed by atoms with Crippen LogP contribution in [-0.4, -0.2) is 17.3 Å². The summed E-state index contributed by atoms with van der Waals surface area (Å²) in [5.74, 6) is 3.87. The van der Waals surface area contributed by atoms with Gasteiger partial charge in [-0.1, -0.05) is 141 Å². The van der Waals surface area contributed by atoms with Crippen molar-refractivity contribution in [2.75, 3.05) is 17.3 Å². The zero-order valence-corrected chi connectivity index (χ0v) is 21.6. The quantitative estimate of drug-likeness (QED) is 0.140. The van der Waals surface area contributed by atoms with Gasteiger partial charge in [-0.25, -0.2) is 0 Å². The minimum absolute atomic E-state index is 0.789. The SMILES string of the molecule is CCCCCCCCCCCCCCCCCCCCS(Cl)(CCC)CCC. The highest BCUT2D eigenvalue weighted by Gasteiger charge is 2.18. The van der Waals surface area contributed by atoms with Crippen molar-refractivity contribution in [2.24, 2.45) is 0 Å². The Balaban J connectivity index is 3.23. The molecule has 172 valence electrons. The van der Waals surface area contributed by atoms with Crippen LogP contribution in [0, 0.1) is 0 Å². The predicted octanol–water partition coefficient (Wildman–Crippen LogP) is 10.8. The standard InChI is InChI=1S/C26H55ClS/c1-4-7-8-9-10-11-12-13-14-15-16-17-18-19-20-21-22-23-26-28(27,24-5-2)25-6-3/h4-26H2,1-3H3. The van der Waals surface area contributed by atoms with E-state index in [-0.39, 0.29) is 0 Å². The maximum absolute atomic E-state index is 6.90. The summed E-state index contributed by atoms with van der Waals surface area (Å²) in [6, 6.07) is 0. The van der Waals surface area contributed by atoms with E-state index in [4.69, 9.17) is 10.7 Å². The van der Waals surface area contributed by atoms with E-state index in [9.17, 15) is 0 Å². The van der Waals surface area contributed by atoms with Gasteiger partial charge in [-0.15, -0.1) is 0 Å². The van der Waals surface area contributed by atoms with E-state index in [1.807, 2.05) is 0 Å². The smallest absolute Gasteiger partial charge is 0.0101 e. The number of hydrogen-bond acceptors (Lipinski definition) is 0. The molecule has 28 heavy (non-hydrogen) atoms. The number of hydrogen-bond donors (Lipinski definition) is 0. The van der Waals surface area contributed by atoms with Crippen molar-refractivity contribution in [3.8, 4) is 0 Å². The van der Waals surface area contributed by atoms with Crippen LogP contribution < -0.4 is 0 Å². The lowest BCUT2D eigenvalue weighted by atomic mass is 10.0. The van der Waals surface area contributed by atoms with Gasteiger partial charge in [0, 0.05) is 0 Å². The molecule has 0 saturated heterocycles. The van der Waals surface area contributed by atoms with Gasteiger partial charge >= 0.3 is 0 Å². The minimum Gasteiger partial charge on any atom is -0.163 e. The summed E-state index contributed by atoms with van der Waals surface area (Å²) < 4.78 is 0. The van der Waals surface area contributed by atoms with Crippen LogP contribution in [0.25, 0.3) is 0 Å². The molecule has 0 aromatic rings. The van der Waals surface area contributed by atoms with Crippen LogP contribution in [0.1, 0.15) is 149 Å². The molecule has 0 heterocycles. The van der Waals surface area contributed by atoms with Crippen molar-refractivity contribution in [1.29, 1.82) is 0 Å². The average Bonchev–Trinajstić information content (AvgIpc) is 2.67. The molecule has 0 fully saturated rings. The van der Waals surface area contributed by atoms with Crippen LogP contribution in [0.5, 0.6) is 0 Å². The molecule has 0 amide bonds. The number of halogens is 1. The molecule has 0 atom stereocenters. The van der Waals surface area contributed by atoms with Crippen molar-refractivity contribution < 1.29 is 0 Å². The Morgan fingerprint density at radius 2 is 0.643 bits per heavy atom. The van der Waals surface area contributed by atoms with E-state index in [0.717, 1.165) is 0 Å². The first-order chi connectivity index (χ1) is 13.7. The third-order valence-electron chi connectivity index (χ3n) is 6.00. The summed E-state index contributed by atoms with van der Waals surface area (Å²) in [5, 5.41) is 0. The molecule has 2 heteroatoms. The first kappa shape index (κ1) is 28.6. The molecule has 0 bridgehead atoms. The molecule has 0 rings (SSSR count). The molecule has 0 saturated carbocycles. The summed E-state index contributed by atoms with van der Waals surface area (Å²) in [7, 11) is 6.11. The zero-order valence-electron chi connectivity index (χ0n) is 20.0. The molecule has 0 aliphatic heterocycles. The molecule has 0 nitrogen and oxygen atoms in total. The van der Waals surface area contributed by atoms with E-state index in [1.54, 1.807) is 0 Å². The van der Waals surface area contributed by atoms with Crippen LogP contribution in [0.2, 0.25) is 0 Å². The summed E-state index contributed by atoms with van der Waals surface area (Å²) in [4.78, 5) is 0. The van der Waals surface area contributed by atoms with Gasteiger partial charge in [0.2, 0.25) is 0 Å². The monoisotopic (exact) mass is 434 g/mol. The third kappa shape index (κ3) is 19.9. The largest absolute Gasteiger partial charge is 0.163 e. The fourth-order valence-electron chi connectivity index (χ4n) is 4.30. The molecule has 0 aliphatic carbocycles.